The maximum Gasteiger partial charge on any atom is 0.251 e. The Morgan fingerprint density at radius 2 is 2.03 bits per heavy atom. The summed E-state index contributed by atoms with van der Waals surface area (Å²) in [6.45, 7) is 2.44. The molecule has 0 saturated carbocycles. The Hall–Kier alpha value is -3.10. The highest BCUT2D eigenvalue weighted by molar-refractivity contribution is 8.16. The van der Waals surface area contributed by atoms with Crippen LogP contribution in [-0.4, -0.2) is 56.4 Å². The highest BCUT2D eigenvalue weighted by Gasteiger charge is 2.32. The maximum absolute atomic E-state index is 13.2. The summed E-state index contributed by atoms with van der Waals surface area (Å²) in [7, 11) is 3.17. The first-order valence-corrected chi connectivity index (χ1v) is 11.7. The van der Waals surface area contributed by atoms with Gasteiger partial charge in [-0.3, -0.25) is 9.79 Å². The van der Waals surface area contributed by atoms with Crippen LogP contribution in [0.2, 0.25) is 5.02 Å². The summed E-state index contributed by atoms with van der Waals surface area (Å²) < 4.78 is 16.7. The quantitative estimate of drug-likeness (QED) is 0.583. The lowest BCUT2D eigenvalue weighted by molar-refractivity contribution is -0.114. The zero-order chi connectivity index (χ0) is 22.9. The number of thioether (sulfide) groups is 1. The second-order valence-electron chi connectivity index (χ2n) is 7.52. The van der Waals surface area contributed by atoms with Crippen molar-refractivity contribution in [2.75, 3.05) is 45.4 Å². The van der Waals surface area contributed by atoms with Crippen LogP contribution in [0, 0.1) is 0 Å². The maximum atomic E-state index is 13.2. The third kappa shape index (κ3) is 4.05. The minimum Gasteiger partial charge on any atom is -0.493 e. The van der Waals surface area contributed by atoms with Gasteiger partial charge in [0, 0.05) is 28.6 Å². The van der Waals surface area contributed by atoms with Crippen molar-refractivity contribution in [1.82, 2.24) is 4.90 Å². The van der Waals surface area contributed by atoms with Crippen LogP contribution < -0.4 is 19.1 Å². The van der Waals surface area contributed by atoms with Crippen molar-refractivity contribution in [1.29, 1.82) is 0 Å². The van der Waals surface area contributed by atoms with Crippen molar-refractivity contribution in [2.24, 2.45) is 4.99 Å². The number of halogens is 1. The summed E-state index contributed by atoms with van der Waals surface area (Å²) in [4.78, 5) is 21.6. The van der Waals surface area contributed by atoms with Crippen molar-refractivity contribution in [3.8, 4) is 17.2 Å². The fraction of sp³-hybridized carbons (Fsp3) is 0.250. The Morgan fingerprint density at radius 1 is 1.18 bits per heavy atom. The van der Waals surface area contributed by atoms with E-state index in [0.29, 0.717) is 41.1 Å². The number of amides is 1. The molecule has 5 rings (SSSR count). The number of rotatable bonds is 5. The van der Waals surface area contributed by atoms with Crippen LogP contribution in [0.25, 0.3) is 11.8 Å². The highest BCUT2D eigenvalue weighted by Crippen LogP contribution is 2.45. The Balaban J connectivity index is 1.44. The van der Waals surface area contributed by atoms with Gasteiger partial charge < -0.3 is 24.0 Å². The van der Waals surface area contributed by atoms with Crippen LogP contribution >= 0.6 is 23.4 Å². The molecule has 0 spiro atoms. The van der Waals surface area contributed by atoms with Gasteiger partial charge in [-0.05, 0) is 35.9 Å². The lowest BCUT2D eigenvalue weighted by Crippen LogP contribution is -2.37. The molecule has 2 aromatic rings. The molecule has 3 heterocycles. The van der Waals surface area contributed by atoms with Crippen LogP contribution in [0.3, 0.4) is 0 Å². The second-order valence-corrected chi connectivity index (χ2v) is 8.80. The molecule has 0 aromatic heterocycles. The predicted molar refractivity (Wildman–Crippen MR) is 132 cm³/mol. The van der Waals surface area contributed by atoms with Crippen LogP contribution in [0.15, 0.2) is 46.8 Å². The monoisotopic (exact) mass is 483 g/mol. The first-order valence-electron chi connectivity index (χ1n) is 10.5. The number of hydrogen-bond acceptors (Lipinski definition) is 7. The zero-order valence-electron chi connectivity index (χ0n) is 18.2. The molecular weight excluding hydrogens is 462 g/mol. The van der Waals surface area contributed by atoms with Gasteiger partial charge in [0.25, 0.3) is 5.91 Å². The summed E-state index contributed by atoms with van der Waals surface area (Å²) in [5.74, 6) is 1.75. The van der Waals surface area contributed by atoms with E-state index in [1.807, 2.05) is 24.3 Å². The van der Waals surface area contributed by atoms with Gasteiger partial charge in [0.2, 0.25) is 0 Å². The molecule has 0 atom stereocenters. The summed E-state index contributed by atoms with van der Waals surface area (Å²) in [5, 5.41) is 3.59. The second kappa shape index (κ2) is 9.03. The Labute approximate surface area is 201 Å². The molecule has 3 aliphatic rings. The van der Waals surface area contributed by atoms with Crippen LogP contribution in [-0.2, 0) is 4.79 Å². The van der Waals surface area contributed by atoms with Crippen LogP contribution in [0.1, 0.15) is 11.1 Å². The number of ether oxygens (including phenoxy) is 3. The predicted octanol–water partition coefficient (Wildman–Crippen LogP) is 4.51. The number of benzene rings is 2. The van der Waals surface area contributed by atoms with E-state index in [0.717, 1.165) is 35.1 Å². The molecule has 9 heteroatoms. The molecule has 0 radical (unpaired) electrons. The van der Waals surface area contributed by atoms with Crippen molar-refractivity contribution in [3.05, 3.63) is 58.0 Å². The minimum absolute atomic E-state index is 0.152. The van der Waals surface area contributed by atoms with E-state index in [1.165, 1.54) is 0 Å². The largest absolute Gasteiger partial charge is 0.493 e. The van der Waals surface area contributed by atoms with Gasteiger partial charge >= 0.3 is 0 Å². The third-order valence-corrected chi connectivity index (χ3v) is 6.74. The lowest BCUT2D eigenvalue weighted by Gasteiger charge is -2.31. The Kier molecular flexibility index (Phi) is 5.95. The minimum atomic E-state index is -0.152. The van der Waals surface area contributed by atoms with E-state index in [9.17, 15) is 4.79 Å². The van der Waals surface area contributed by atoms with E-state index in [4.69, 9.17) is 25.8 Å². The van der Waals surface area contributed by atoms with Crippen molar-refractivity contribution in [2.45, 2.75) is 0 Å². The van der Waals surface area contributed by atoms with E-state index < -0.39 is 0 Å². The number of anilines is 1. The molecule has 3 aliphatic heterocycles. The molecule has 7 nitrogen and oxygen atoms in total. The SMILES string of the molecule is COc1ccc(C=CC(=O)N2CCOc3c(C4=CSC5=NCCN45)cc(Cl)cc32)cc1OC. The summed E-state index contributed by atoms with van der Waals surface area (Å²) >= 11 is 8.08. The molecular formula is C24H22ClN3O4S. The molecule has 170 valence electrons. The van der Waals surface area contributed by atoms with Gasteiger partial charge in [-0.15, -0.1) is 0 Å². The number of aliphatic imine (C=N–C) groups is 1. The van der Waals surface area contributed by atoms with Gasteiger partial charge in [-0.1, -0.05) is 29.4 Å². The number of fused-ring (bicyclic) bond motifs is 2. The van der Waals surface area contributed by atoms with E-state index in [1.54, 1.807) is 49.1 Å². The normalized spacial score (nSPS) is 16.8. The van der Waals surface area contributed by atoms with Crippen LogP contribution in [0.4, 0.5) is 5.69 Å². The first-order chi connectivity index (χ1) is 16.1. The standard InChI is InChI=1S/C24H22ClN3O4S/c1-30-20-5-3-15(11-21(20)31-2)4-6-22(29)27-9-10-32-23-17(12-16(25)13-18(23)27)19-14-33-24-26-7-8-28(19)24/h3-6,11-14H,7-10H2,1-2H3. The summed E-state index contributed by atoms with van der Waals surface area (Å²) in [6.07, 6.45) is 3.31. The number of amidine groups is 1. The van der Waals surface area contributed by atoms with Gasteiger partial charge in [-0.25, -0.2) is 0 Å². The van der Waals surface area contributed by atoms with E-state index in [-0.39, 0.29) is 5.91 Å². The first kappa shape index (κ1) is 21.7. The Bertz CT molecular complexity index is 1210. The fourth-order valence-corrected chi connectivity index (χ4v) is 5.22. The van der Waals surface area contributed by atoms with Gasteiger partial charge in [0.05, 0.1) is 38.7 Å². The molecule has 0 saturated heterocycles. The fourth-order valence-electron chi connectivity index (χ4n) is 4.06. The van der Waals surface area contributed by atoms with Gasteiger partial charge in [0.15, 0.2) is 22.4 Å². The van der Waals surface area contributed by atoms with Gasteiger partial charge in [0.1, 0.15) is 6.61 Å². The molecule has 0 aliphatic carbocycles. The van der Waals surface area contributed by atoms with Crippen LogP contribution in [0.5, 0.6) is 17.2 Å². The molecule has 0 bridgehead atoms. The molecule has 1 amide bonds. The molecule has 2 aromatic carbocycles. The number of methoxy groups -OCH3 is 2. The third-order valence-electron chi connectivity index (χ3n) is 5.62. The Morgan fingerprint density at radius 3 is 2.85 bits per heavy atom. The average Bonchev–Trinajstić information content (AvgIpc) is 3.45. The zero-order valence-corrected chi connectivity index (χ0v) is 19.8. The summed E-state index contributed by atoms with van der Waals surface area (Å²) in [5.41, 5.74) is 3.38. The average molecular weight is 484 g/mol. The molecule has 0 unspecified atom stereocenters. The van der Waals surface area contributed by atoms with Crippen molar-refractivity contribution >= 4 is 51.9 Å². The molecule has 0 fully saturated rings. The number of nitrogens with zero attached hydrogens (tertiary/aromatic N) is 3. The lowest BCUT2D eigenvalue weighted by atomic mass is 10.1. The number of carbonyl (C=O) groups excluding carboxylic acids is 1. The topological polar surface area (TPSA) is 63.6 Å². The van der Waals surface area contributed by atoms with Crippen molar-refractivity contribution < 1.29 is 19.0 Å². The highest BCUT2D eigenvalue weighted by atomic mass is 35.5. The number of hydrogen-bond donors (Lipinski definition) is 0. The van der Waals surface area contributed by atoms with Gasteiger partial charge in [-0.2, -0.15) is 0 Å². The van der Waals surface area contributed by atoms with E-state index >= 15 is 0 Å². The molecule has 33 heavy (non-hydrogen) atoms. The summed E-state index contributed by atoms with van der Waals surface area (Å²) in [6, 6.07) is 9.17. The number of carbonyl (C=O) groups is 1. The van der Waals surface area contributed by atoms with Crippen molar-refractivity contribution in [3.63, 3.8) is 0 Å². The smallest absolute Gasteiger partial charge is 0.251 e. The van der Waals surface area contributed by atoms with E-state index in [2.05, 4.69) is 15.3 Å². The molecule has 0 N–H and O–H groups in total.